The molecule has 1 aliphatic rings. The van der Waals surface area contributed by atoms with Crippen molar-refractivity contribution in [2.75, 3.05) is 24.6 Å². The Balaban J connectivity index is 1.71. The summed E-state index contributed by atoms with van der Waals surface area (Å²) in [6.07, 6.45) is 0. The third kappa shape index (κ3) is 2.42. The van der Waals surface area contributed by atoms with Crippen LogP contribution in [0.2, 0.25) is 0 Å². The second-order valence-corrected chi connectivity index (χ2v) is 5.61. The van der Waals surface area contributed by atoms with E-state index in [1.807, 2.05) is 36.0 Å². The van der Waals surface area contributed by atoms with Crippen molar-refractivity contribution in [1.29, 1.82) is 0 Å². The SMILES string of the molecule is Nc1nc(CSCC2CNC2)nc2ccccc12. The van der Waals surface area contributed by atoms with Gasteiger partial charge in [-0.1, -0.05) is 12.1 Å². The maximum atomic E-state index is 5.96. The molecule has 94 valence electrons. The van der Waals surface area contributed by atoms with Gasteiger partial charge in [0, 0.05) is 5.39 Å². The Morgan fingerprint density at radius 1 is 1.28 bits per heavy atom. The first kappa shape index (κ1) is 11.7. The van der Waals surface area contributed by atoms with Gasteiger partial charge in [-0.2, -0.15) is 11.8 Å². The zero-order valence-electron chi connectivity index (χ0n) is 10.1. The van der Waals surface area contributed by atoms with Crippen molar-refractivity contribution < 1.29 is 0 Å². The molecule has 2 heterocycles. The van der Waals surface area contributed by atoms with Crippen LogP contribution < -0.4 is 11.1 Å². The van der Waals surface area contributed by atoms with Gasteiger partial charge in [-0.25, -0.2) is 9.97 Å². The maximum absolute atomic E-state index is 5.96. The largest absolute Gasteiger partial charge is 0.383 e. The van der Waals surface area contributed by atoms with E-state index in [2.05, 4.69) is 15.3 Å². The van der Waals surface area contributed by atoms with Crippen LogP contribution >= 0.6 is 11.8 Å². The molecule has 0 radical (unpaired) electrons. The Bertz CT molecular complexity index is 554. The molecule has 1 aliphatic heterocycles. The third-order valence-corrected chi connectivity index (χ3v) is 4.30. The molecule has 1 aromatic heterocycles. The van der Waals surface area contributed by atoms with E-state index in [9.17, 15) is 0 Å². The fourth-order valence-electron chi connectivity index (χ4n) is 2.00. The number of hydrogen-bond donors (Lipinski definition) is 2. The summed E-state index contributed by atoms with van der Waals surface area (Å²) in [5.41, 5.74) is 6.89. The predicted octanol–water partition coefficient (Wildman–Crippen LogP) is 1.66. The second kappa shape index (κ2) is 5.12. The molecule has 3 N–H and O–H groups in total. The van der Waals surface area contributed by atoms with Gasteiger partial charge < -0.3 is 11.1 Å². The van der Waals surface area contributed by atoms with Crippen molar-refractivity contribution in [2.45, 2.75) is 5.75 Å². The minimum Gasteiger partial charge on any atom is -0.383 e. The quantitative estimate of drug-likeness (QED) is 0.875. The Labute approximate surface area is 110 Å². The molecule has 0 atom stereocenters. The highest BCUT2D eigenvalue weighted by molar-refractivity contribution is 7.98. The Kier molecular flexibility index (Phi) is 3.34. The van der Waals surface area contributed by atoms with E-state index in [-0.39, 0.29) is 0 Å². The Morgan fingerprint density at radius 3 is 2.89 bits per heavy atom. The van der Waals surface area contributed by atoms with Crippen LogP contribution in [0.1, 0.15) is 5.82 Å². The Morgan fingerprint density at radius 2 is 2.11 bits per heavy atom. The van der Waals surface area contributed by atoms with Gasteiger partial charge >= 0.3 is 0 Å². The highest BCUT2D eigenvalue weighted by Gasteiger charge is 2.16. The number of nitrogens with one attached hydrogen (secondary N) is 1. The minimum atomic E-state index is 0.585. The fourth-order valence-corrected chi connectivity index (χ4v) is 3.00. The maximum Gasteiger partial charge on any atom is 0.141 e. The number of rotatable bonds is 4. The van der Waals surface area contributed by atoms with Crippen molar-refractivity contribution in [3.05, 3.63) is 30.1 Å². The molecule has 1 fully saturated rings. The first-order valence-electron chi connectivity index (χ1n) is 6.12. The summed E-state index contributed by atoms with van der Waals surface area (Å²) in [7, 11) is 0. The number of aromatic nitrogens is 2. The molecule has 2 aromatic rings. The first-order chi connectivity index (χ1) is 8.83. The predicted molar refractivity (Wildman–Crippen MR) is 76.5 cm³/mol. The van der Waals surface area contributed by atoms with Gasteiger partial charge in [0.15, 0.2) is 0 Å². The average molecular weight is 260 g/mol. The third-order valence-electron chi connectivity index (χ3n) is 3.13. The lowest BCUT2D eigenvalue weighted by Crippen LogP contribution is -2.43. The summed E-state index contributed by atoms with van der Waals surface area (Å²) in [6, 6.07) is 7.88. The monoisotopic (exact) mass is 260 g/mol. The lowest BCUT2D eigenvalue weighted by atomic mass is 10.1. The van der Waals surface area contributed by atoms with Crippen molar-refractivity contribution in [3.8, 4) is 0 Å². The van der Waals surface area contributed by atoms with Gasteiger partial charge in [0.1, 0.15) is 11.6 Å². The van der Waals surface area contributed by atoms with Gasteiger partial charge in [-0.05, 0) is 36.9 Å². The minimum absolute atomic E-state index is 0.585. The average Bonchev–Trinajstić information content (AvgIpc) is 2.32. The van der Waals surface area contributed by atoms with Crippen LogP contribution in [0, 0.1) is 5.92 Å². The van der Waals surface area contributed by atoms with E-state index in [4.69, 9.17) is 5.73 Å². The van der Waals surface area contributed by atoms with Crippen molar-refractivity contribution in [3.63, 3.8) is 0 Å². The molecule has 0 spiro atoms. The second-order valence-electron chi connectivity index (χ2n) is 4.58. The summed E-state index contributed by atoms with van der Waals surface area (Å²) < 4.78 is 0. The molecule has 0 amide bonds. The van der Waals surface area contributed by atoms with Crippen LogP contribution in [0.3, 0.4) is 0 Å². The first-order valence-corrected chi connectivity index (χ1v) is 7.28. The van der Waals surface area contributed by atoms with Crippen LogP contribution in [0.5, 0.6) is 0 Å². The van der Waals surface area contributed by atoms with Crippen LogP contribution in [0.15, 0.2) is 24.3 Å². The smallest absolute Gasteiger partial charge is 0.141 e. The van der Waals surface area contributed by atoms with E-state index >= 15 is 0 Å². The molecule has 5 heteroatoms. The Hall–Kier alpha value is -1.33. The van der Waals surface area contributed by atoms with Crippen molar-refractivity contribution in [2.24, 2.45) is 5.92 Å². The van der Waals surface area contributed by atoms with Crippen LogP contribution in [0.4, 0.5) is 5.82 Å². The summed E-state index contributed by atoms with van der Waals surface area (Å²) >= 11 is 1.89. The molecule has 0 unspecified atom stereocenters. The summed E-state index contributed by atoms with van der Waals surface area (Å²) in [4.78, 5) is 8.92. The van der Waals surface area contributed by atoms with Gasteiger partial charge in [0.25, 0.3) is 0 Å². The van der Waals surface area contributed by atoms with Crippen LogP contribution in [-0.4, -0.2) is 28.8 Å². The number of benzene rings is 1. The highest BCUT2D eigenvalue weighted by Crippen LogP contribution is 2.20. The van der Waals surface area contributed by atoms with E-state index < -0.39 is 0 Å². The number of thioether (sulfide) groups is 1. The molecular formula is C13H16N4S. The van der Waals surface area contributed by atoms with Crippen LogP contribution in [0.25, 0.3) is 10.9 Å². The fraction of sp³-hybridized carbons (Fsp3) is 0.385. The molecule has 1 aromatic carbocycles. The normalized spacial score (nSPS) is 15.8. The standard InChI is InChI=1S/C13H16N4S/c14-13-10-3-1-2-4-11(10)16-12(17-13)8-18-7-9-5-15-6-9/h1-4,9,15H,5-8H2,(H2,14,16,17). The molecule has 0 aliphatic carbocycles. The van der Waals surface area contributed by atoms with Gasteiger partial charge in [0.05, 0.1) is 11.3 Å². The van der Waals surface area contributed by atoms with E-state index in [1.54, 1.807) is 0 Å². The number of para-hydroxylation sites is 1. The summed E-state index contributed by atoms with van der Waals surface area (Å²) in [5, 5.41) is 4.22. The van der Waals surface area contributed by atoms with Crippen molar-refractivity contribution in [1.82, 2.24) is 15.3 Å². The summed E-state index contributed by atoms with van der Waals surface area (Å²) in [5.74, 6) is 4.24. The molecule has 0 saturated carbocycles. The van der Waals surface area contributed by atoms with E-state index in [1.165, 1.54) is 5.75 Å². The van der Waals surface area contributed by atoms with Gasteiger partial charge in [0.2, 0.25) is 0 Å². The lowest BCUT2D eigenvalue weighted by Gasteiger charge is -2.26. The van der Waals surface area contributed by atoms with Crippen molar-refractivity contribution >= 4 is 28.5 Å². The molecule has 1 saturated heterocycles. The highest BCUT2D eigenvalue weighted by atomic mass is 32.2. The number of fused-ring (bicyclic) bond motifs is 1. The number of anilines is 1. The zero-order valence-corrected chi connectivity index (χ0v) is 10.9. The number of nitrogen functional groups attached to an aromatic ring is 1. The molecular weight excluding hydrogens is 244 g/mol. The van der Waals surface area contributed by atoms with E-state index in [0.29, 0.717) is 5.82 Å². The van der Waals surface area contributed by atoms with Gasteiger partial charge in [-0.3, -0.25) is 0 Å². The number of nitrogens with two attached hydrogens (primary N) is 1. The summed E-state index contributed by atoms with van der Waals surface area (Å²) in [6.45, 7) is 2.29. The lowest BCUT2D eigenvalue weighted by molar-refractivity contribution is 0.385. The topological polar surface area (TPSA) is 63.8 Å². The zero-order chi connectivity index (χ0) is 12.4. The molecule has 18 heavy (non-hydrogen) atoms. The number of nitrogens with zero attached hydrogens (tertiary/aromatic N) is 2. The molecule has 3 rings (SSSR count). The molecule has 0 bridgehead atoms. The van der Waals surface area contributed by atoms with Crippen LogP contribution in [-0.2, 0) is 5.75 Å². The van der Waals surface area contributed by atoms with E-state index in [0.717, 1.165) is 41.5 Å². The molecule has 4 nitrogen and oxygen atoms in total. The number of hydrogen-bond acceptors (Lipinski definition) is 5. The van der Waals surface area contributed by atoms with Gasteiger partial charge in [-0.15, -0.1) is 0 Å².